The minimum absolute atomic E-state index is 0.0895. The van der Waals surface area contributed by atoms with Crippen LogP contribution in [0.3, 0.4) is 0 Å². The van der Waals surface area contributed by atoms with Crippen molar-refractivity contribution in [2.75, 3.05) is 13.7 Å². The summed E-state index contributed by atoms with van der Waals surface area (Å²) in [4.78, 5) is 10.9. The predicted molar refractivity (Wildman–Crippen MR) is 91.3 cm³/mol. The van der Waals surface area contributed by atoms with Crippen molar-refractivity contribution in [3.8, 4) is 0 Å². The first-order valence-corrected chi connectivity index (χ1v) is 9.11. The molecule has 0 heterocycles. The van der Waals surface area contributed by atoms with Crippen LogP contribution >= 0.6 is 0 Å². The number of hydrogen-bond acceptors (Lipinski definition) is 2. The molecule has 0 bridgehead atoms. The zero-order valence-corrected chi connectivity index (χ0v) is 14.5. The Hall–Kier alpha value is -0.830. The molecule has 0 saturated heterocycles. The lowest BCUT2D eigenvalue weighted by molar-refractivity contribution is -0.140. The molecule has 0 aliphatic carbocycles. The van der Waals surface area contributed by atoms with Gasteiger partial charge in [0, 0.05) is 6.42 Å². The fourth-order valence-electron chi connectivity index (χ4n) is 2.47. The second-order valence-corrected chi connectivity index (χ2v) is 5.97. The number of unbranched alkanes of at least 4 members (excludes halogenated alkanes) is 11. The number of allylic oxidation sites excluding steroid dienone is 2. The lowest BCUT2D eigenvalue weighted by Gasteiger charge is -2.00. The fraction of sp³-hybridized carbons (Fsp3) is 0.842. The van der Waals surface area contributed by atoms with E-state index in [0.29, 0.717) is 6.42 Å². The zero-order valence-electron chi connectivity index (χ0n) is 14.5. The van der Waals surface area contributed by atoms with Crippen LogP contribution in [0.25, 0.3) is 0 Å². The minimum atomic E-state index is -0.0895. The molecule has 0 aromatic carbocycles. The molecule has 129 valence electrons. The van der Waals surface area contributed by atoms with Crippen LogP contribution in [0.15, 0.2) is 12.2 Å². The molecule has 3 heteroatoms. The van der Waals surface area contributed by atoms with Gasteiger partial charge in [-0.05, 0) is 38.5 Å². The molecule has 0 aromatic heterocycles. The van der Waals surface area contributed by atoms with Gasteiger partial charge >= 0.3 is 5.97 Å². The van der Waals surface area contributed by atoms with Gasteiger partial charge in [-0.3, -0.25) is 4.79 Å². The van der Waals surface area contributed by atoms with Crippen molar-refractivity contribution in [3.05, 3.63) is 12.2 Å². The molecule has 0 fully saturated rings. The van der Waals surface area contributed by atoms with Gasteiger partial charge in [0.15, 0.2) is 0 Å². The Bertz CT molecular complexity index is 261. The molecule has 0 aliphatic rings. The third-order valence-corrected chi connectivity index (χ3v) is 3.91. The number of rotatable bonds is 16. The van der Waals surface area contributed by atoms with Crippen LogP contribution in [0.4, 0.5) is 0 Å². The molecule has 0 N–H and O–H groups in total. The fourth-order valence-corrected chi connectivity index (χ4v) is 2.47. The smallest absolute Gasteiger partial charge is 0.305 e. The Morgan fingerprint density at radius 2 is 1.18 bits per heavy atom. The summed E-state index contributed by atoms with van der Waals surface area (Å²) in [6.07, 6.45) is 20.4. The van der Waals surface area contributed by atoms with Crippen LogP contribution in [-0.4, -0.2) is 19.7 Å². The zero-order chi connectivity index (χ0) is 16.3. The van der Waals surface area contributed by atoms with E-state index in [-0.39, 0.29) is 12.6 Å². The standard InChI is InChI=1S/C19H35O3/c1-22-19(21)17-15-13-11-9-7-5-3-2-4-6-8-10-12-14-16-18-20/h2-3H,4-18H2,1H3/b3-2-. The second-order valence-electron chi connectivity index (χ2n) is 5.97. The summed E-state index contributed by atoms with van der Waals surface area (Å²) in [7, 11) is 1.45. The Kier molecular flexibility index (Phi) is 17.5. The molecule has 0 aliphatic heterocycles. The molecule has 0 saturated carbocycles. The maximum atomic E-state index is 10.9. The van der Waals surface area contributed by atoms with Gasteiger partial charge in [-0.1, -0.05) is 57.1 Å². The number of carbonyl (C=O) groups is 1. The number of esters is 1. The number of ether oxygens (including phenoxy) is 1. The van der Waals surface area contributed by atoms with E-state index in [1.165, 1.54) is 64.9 Å². The normalized spacial score (nSPS) is 11.2. The Morgan fingerprint density at radius 3 is 1.68 bits per heavy atom. The molecule has 22 heavy (non-hydrogen) atoms. The Morgan fingerprint density at radius 1 is 0.727 bits per heavy atom. The van der Waals surface area contributed by atoms with E-state index in [4.69, 9.17) is 0 Å². The lowest BCUT2D eigenvalue weighted by Crippen LogP contribution is -1.98. The van der Waals surface area contributed by atoms with Crippen molar-refractivity contribution in [1.82, 2.24) is 0 Å². The van der Waals surface area contributed by atoms with Crippen molar-refractivity contribution in [2.45, 2.75) is 89.9 Å². The SMILES string of the molecule is COC(=O)CCCCCCC/C=C\CCCCCCCC[O]. The average molecular weight is 311 g/mol. The molecule has 0 atom stereocenters. The summed E-state index contributed by atoms with van der Waals surface area (Å²) >= 11 is 0. The molecular weight excluding hydrogens is 276 g/mol. The van der Waals surface area contributed by atoms with Crippen molar-refractivity contribution in [3.63, 3.8) is 0 Å². The summed E-state index contributed by atoms with van der Waals surface area (Å²) in [5, 5.41) is 10.3. The molecule has 0 spiro atoms. The molecule has 0 amide bonds. The van der Waals surface area contributed by atoms with Gasteiger partial charge in [-0.2, -0.15) is 0 Å². The van der Waals surface area contributed by atoms with E-state index in [0.717, 1.165) is 25.7 Å². The first-order valence-electron chi connectivity index (χ1n) is 9.11. The van der Waals surface area contributed by atoms with Crippen molar-refractivity contribution in [1.29, 1.82) is 0 Å². The topological polar surface area (TPSA) is 46.2 Å². The predicted octanol–water partition coefficient (Wildman–Crippen LogP) is 5.61. The molecule has 0 aromatic rings. The third-order valence-electron chi connectivity index (χ3n) is 3.91. The largest absolute Gasteiger partial charge is 0.469 e. The molecule has 0 unspecified atom stereocenters. The molecule has 1 radical (unpaired) electrons. The van der Waals surface area contributed by atoms with Gasteiger partial charge in [0.25, 0.3) is 0 Å². The van der Waals surface area contributed by atoms with Crippen molar-refractivity contribution in [2.24, 2.45) is 0 Å². The number of hydrogen-bond donors (Lipinski definition) is 0. The van der Waals surface area contributed by atoms with E-state index in [9.17, 15) is 9.90 Å². The van der Waals surface area contributed by atoms with Gasteiger partial charge < -0.3 is 4.74 Å². The Labute approximate surface area is 137 Å². The molecule has 3 nitrogen and oxygen atoms in total. The summed E-state index contributed by atoms with van der Waals surface area (Å²) in [5.74, 6) is -0.0895. The lowest BCUT2D eigenvalue weighted by atomic mass is 10.1. The maximum absolute atomic E-state index is 10.9. The first kappa shape index (κ1) is 21.2. The van der Waals surface area contributed by atoms with E-state index in [1.807, 2.05) is 0 Å². The van der Waals surface area contributed by atoms with Crippen molar-refractivity contribution >= 4 is 5.97 Å². The van der Waals surface area contributed by atoms with E-state index >= 15 is 0 Å². The summed E-state index contributed by atoms with van der Waals surface area (Å²) < 4.78 is 4.61. The van der Waals surface area contributed by atoms with E-state index in [1.54, 1.807) is 0 Å². The highest BCUT2D eigenvalue weighted by Crippen LogP contribution is 2.10. The van der Waals surface area contributed by atoms with E-state index in [2.05, 4.69) is 16.9 Å². The average Bonchev–Trinajstić information content (AvgIpc) is 2.54. The van der Waals surface area contributed by atoms with Gasteiger partial charge in [0.2, 0.25) is 0 Å². The third kappa shape index (κ3) is 17.2. The van der Waals surface area contributed by atoms with Crippen LogP contribution in [0.2, 0.25) is 0 Å². The highest BCUT2D eigenvalue weighted by molar-refractivity contribution is 5.68. The van der Waals surface area contributed by atoms with Gasteiger partial charge in [0.05, 0.1) is 13.7 Å². The quantitative estimate of drug-likeness (QED) is 0.211. The first-order chi connectivity index (χ1) is 10.8. The van der Waals surface area contributed by atoms with Gasteiger partial charge in [-0.15, -0.1) is 0 Å². The maximum Gasteiger partial charge on any atom is 0.305 e. The number of carbonyl (C=O) groups excluding carboxylic acids is 1. The monoisotopic (exact) mass is 311 g/mol. The van der Waals surface area contributed by atoms with Crippen LogP contribution in [-0.2, 0) is 14.6 Å². The second kappa shape index (κ2) is 18.2. The minimum Gasteiger partial charge on any atom is -0.469 e. The summed E-state index contributed by atoms with van der Waals surface area (Å²) in [6, 6.07) is 0. The highest BCUT2D eigenvalue weighted by Gasteiger charge is 1.98. The van der Waals surface area contributed by atoms with E-state index < -0.39 is 0 Å². The summed E-state index contributed by atoms with van der Waals surface area (Å²) in [6.45, 7) is 0.0913. The molecular formula is C19H35O3. The van der Waals surface area contributed by atoms with Crippen LogP contribution in [0, 0.1) is 0 Å². The van der Waals surface area contributed by atoms with Crippen molar-refractivity contribution < 1.29 is 14.6 Å². The van der Waals surface area contributed by atoms with Gasteiger partial charge in [-0.25, -0.2) is 5.11 Å². The number of methoxy groups -OCH3 is 1. The van der Waals surface area contributed by atoms with Crippen LogP contribution < -0.4 is 0 Å². The highest BCUT2D eigenvalue weighted by atomic mass is 16.5. The van der Waals surface area contributed by atoms with Gasteiger partial charge in [0.1, 0.15) is 0 Å². The Balaban J connectivity index is 3.10. The molecule has 0 rings (SSSR count). The van der Waals surface area contributed by atoms with Crippen LogP contribution in [0.5, 0.6) is 0 Å². The summed E-state index contributed by atoms with van der Waals surface area (Å²) in [5.41, 5.74) is 0. The van der Waals surface area contributed by atoms with Crippen LogP contribution in [0.1, 0.15) is 89.9 Å².